The Balaban J connectivity index is 1.35. The van der Waals surface area contributed by atoms with Crippen molar-refractivity contribution in [2.24, 2.45) is 7.05 Å². The van der Waals surface area contributed by atoms with Crippen molar-refractivity contribution in [1.29, 1.82) is 0 Å². The van der Waals surface area contributed by atoms with E-state index < -0.39 is 0 Å². The van der Waals surface area contributed by atoms with Gasteiger partial charge in [0.2, 0.25) is 0 Å². The summed E-state index contributed by atoms with van der Waals surface area (Å²) < 4.78 is 8.82. The molecule has 33 heavy (non-hydrogen) atoms. The SMILES string of the molecule is COCCN1C[C@H](NC(=O)Nc2c3c(nn2-c2cnn(C)c2)CCC3)[C@@H](c2ccccc2)C1. The van der Waals surface area contributed by atoms with E-state index in [9.17, 15) is 4.79 Å². The topological polar surface area (TPSA) is 89.2 Å². The molecule has 9 heteroatoms. The van der Waals surface area contributed by atoms with E-state index in [4.69, 9.17) is 9.84 Å². The number of likely N-dealkylation sites (tertiary alicyclic amines) is 1. The Labute approximate surface area is 193 Å². The first-order valence-electron chi connectivity index (χ1n) is 11.6. The Bertz CT molecular complexity index is 1110. The average molecular weight is 450 g/mol. The number of nitrogens with one attached hydrogen (secondary N) is 2. The van der Waals surface area contributed by atoms with Gasteiger partial charge in [0.1, 0.15) is 11.5 Å². The Morgan fingerprint density at radius 3 is 2.82 bits per heavy atom. The summed E-state index contributed by atoms with van der Waals surface area (Å²) in [6, 6.07) is 10.2. The third kappa shape index (κ3) is 4.51. The predicted molar refractivity (Wildman–Crippen MR) is 126 cm³/mol. The van der Waals surface area contributed by atoms with Crippen LogP contribution in [0.3, 0.4) is 0 Å². The van der Waals surface area contributed by atoms with Gasteiger partial charge in [-0.3, -0.25) is 14.9 Å². The van der Waals surface area contributed by atoms with E-state index in [1.54, 1.807) is 18.0 Å². The number of urea groups is 1. The molecule has 5 rings (SSSR count). The largest absolute Gasteiger partial charge is 0.383 e. The van der Waals surface area contributed by atoms with Crippen molar-refractivity contribution >= 4 is 11.8 Å². The van der Waals surface area contributed by atoms with Crippen LogP contribution in [-0.4, -0.2) is 69.9 Å². The fourth-order valence-corrected chi connectivity index (χ4v) is 5.01. The number of carbonyl (C=O) groups excluding carboxylic acids is 1. The summed E-state index contributed by atoms with van der Waals surface area (Å²) in [5, 5.41) is 15.4. The number of hydrogen-bond donors (Lipinski definition) is 2. The number of anilines is 1. The summed E-state index contributed by atoms with van der Waals surface area (Å²) in [5.74, 6) is 0.973. The van der Waals surface area contributed by atoms with Crippen LogP contribution < -0.4 is 10.6 Å². The van der Waals surface area contributed by atoms with Crippen LogP contribution in [0.25, 0.3) is 5.69 Å². The normalized spacial score (nSPS) is 20.2. The highest BCUT2D eigenvalue weighted by Crippen LogP contribution is 2.31. The second-order valence-electron chi connectivity index (χ2n) is 8.89. The van der Waals surface area contributed by atoms with Crippen LogP contribution in [0.1, 0.15) is 29.2 Å². The van der Waals surface area contributed by atoms with Gasteiger partial charge < -0.3 is 10.1 Å². The van der Waals surface area contributed by atoms with Crippen molar-refractivity contribution in [3.63, 3.8) is 0 Å². The Morgan fingerprint density at radius 2 is 2.06 bits per heavy atom. The lowest BCUT2D eigenvalue weighted by molar-refractivity contribution is 0.159. The van der Waals surface area contributed by atoms with Crippen LogP contribution in [0.15, 0.2) is 42.7 Å². The Hall–Kier alpha value is -3.17. The third-order valence-electron chi connectivity index (χ3n) is 6.63. The molecule has 1 aliphatic carbocycles. The number of amides is 2. The number of aryl methyl sites for hydroxylation is 2. The molecule has 2 atom stereocenters. The lowest BCUT2D eigenvalue weighted by Gasteiger charge is -2.21. The molecule has 1 aromatic carbocycles. The first kappa shape index (κ1) is 21.7. The summed E-state index contributed by atoms with van der Waals surface area (Å²) in [6.45, 7) is 3.20. The molecule has 2 aliphatic rings. The molecular formula is C24H31N7O2. The van der Waals surface area contributed by atoms with Crippen molar-refractivity contribution in [2.45, 2.75) is 31.2 Å². The van der Waals surface area contributed by atoms with Crippen LogP contribution >= 0.6 is 0 Å². The van der Waals surface area contributed by atoms with Crippen LogP contribution in [-0.2, 0) is 24.6 Å². The molecule has 1 aliphatic heterocycles. The van der Waals surface area contributed by atoms with E-state index in [1.807, 2.05) is 24.0 Å². The zero-order chi connectivity index (χ0) is 22.8. The van der Waals surface area contributed by atoms with Gasteiger partial charge in [0.05, 0.1) is 30.7 Å². The van der Waals surface area contributed by atoms with Crippen LogP contribution in [0.2, 0.25) is 0 Å². The Morgan fingerprint density at radius 1 is 1.21 bits per heavy atom. The molecule has 3 aromatic rings. The summed E-state index contributed by atoms with van der Waals surface area (Å²) in [4.78, 5) is 15.6. The number of rotatable bonds is 7. The molecule has 0 spiro atoms. The molecule has 9 nitrogen and oxygen atoms in total. The highest BCUT2D eigenvalue weighted by Gasteiger charge is 2.35. The maximum atomic E-state index is 13.2. The summed E-state index contributed by atoms with van der Waals surface area (Å²) in [6.07, 6.45) is 6.59. The summed E-state index contributed by atoms with van der Waals surface area (Å²) in [5.41, 5.74) is 4.27. The third-order valence-corrected chi connectivity index (χ3v) is 6.63. The molecule has 0 radical (unpaired) electrons. The van der Waals surface area contributed by atoms with Crippen molar-refractivity contribution in [3.05, 3.63) is 59.5 Å². The number of nitrogens with zero attached hydrogens (tertiary/aromatic N) is 5. The smallest absolute Gasteiger partial charge is 0.320 e. The van der Waals surface area contributed by atoms with Crippen molar-refractivity contribution < 1.29 is 9.53 Å². The minimum atomic E-state index is -0.200. The van der Waals surface area contributed by atoms with Gasteiger partial charge in [0, 0.05) is 45.3 Å². The summed E-state index contributed by atoms with van der Waals surface area (Å²) >= 11 is 0. The van der Waals surface area contributed by atoms with Gasteiger partial charge >= 0.3 is 6.03 Å². The standard InChI is InChI=1S/C24H31N7O2/c1-29-14-18(13-25-29)31-23(19-9-6-10-21(19)28-31)27-24(32)26-22-16-30(11-12-33-2)15-20(22)17-7-4-3-5-8-17/h3-5,7-8,13-14,20,22H,6,9-12,15-16H2,1-2H3,(H2,26,27,32)/t20-,22+/m1/s1. The van der Waals surface area contributed by atoms with E-state index in [2.05, 4.69) is 44.9 Å². The van der Waals surface area contributed by atoms with E-state index in [-0.39, 0.29) is 18.0 Å². The van der Waals surface area contributed by atoms with Gasteiger partial charge in [0.15, 0.2) is 0 Å². The van der Waals surface area contributed by atoms with E-state index >= 15 is 0 Å². The van der Waals surface area contributed by atoms with Crippen molar-refractivity contribution in [2.75, 3.05) is 38.7 Å². The molecule has 174 valence electrons. The van der Waals surface area contributed by atoms with Crippen molar-refractivity contribution in [3.8, 4) is 5.69 Å². The van der Waals surface area contributed by atoms with E-state index in [1.165, 1.54) is 5.56 Å². The van der Waals surface area contributed by atoms with Gasteiger partial charge in [-0.05, 0) is 24.8 Å². The second kappa shape index (κ2) is 9.36. The molecule has 3 heterocycles. The minimum absolute atomic E-state index is 0.00654. The highest BCUT2D eigenvalue weighted by molar-refractivity contribution is 5.90. The molecule has 1 saturated heterocycles. The number of fused-ring (bicyclic) bond motifs is 1. The first-order chi connectivity index (χ1) is 16.1. The molecule has 2 N–H and O–H groups in total. The predicted octanol–water partition coefficient (Wildman–Crippen LogP) is 2.33. The second-order valence-corrected chi connectivity index (χ2v) is 8.89. The first-order valence-corrected chi connectivity index (χ1v) is 11.6. The molecular weight excluding hydrogens is 418 g/mol. The van der Waals surface area contributed by atoms with Crippen LogP contribution in [0.5, 0.6) is 0 Å². The molecule has 2 aromatic heterocycles. The van der Waals surface area contributed by atoms with Gasteiger partial charge in [0.25, 0.3) is 0 Å². The number of benzene rings is 1. The molecule has 1 fully saturated rings. The van der Waals surface area contributed by atoms with Crippen LogP contribution in [0.4, 0.5) is 10.6 Å². The highest BCUT2D eigenvalue weighted by atomic mass is 16.5. The maximum absolute atomic E-state index is 13.2. The average Bonchev–Trinajstić information content (AvgIpc) is 3.58. The van der Waals surface area contributed by atoms with Gasteiger partial charge in [-0.2, -0.15) is 10.2 Å². The zero-order valence-electron chi connectivity index (χ0n) is 19.2. The zero-order valence-corrected chi connectivity index (χ0v) is 19.2. The number of aromatic nitrogens is 4. The van der Waals surface area contributed by atoms with E-state index in [0.29, 0.717) is 6.61 Å². The molecule has 2 amide bonds. The van der Waals surface area contributed by atoms with Gasteiger partial charge in [-0.25, -0.2) is 9.48 Å². The Kier molecular flexibility index (Phi) is 6.15. The fourth-order valence-electron chi connectivity index (χ4n) is 5.01. The molecule has 0 unspecified atom stereocenters. The monoisotopic (exact) mass is 449 g/mol. The van der Waals surface area contributed by atoms with Crippen LogP contribution in [0, 0.1) is 0 Å². The van der Waals surface area contributed by atoms with E-state index in [0.717, 1.165) is 61.7 Å². The quantitative estimate of drug-likeness (QED) is 0.578. The van der Waals surface area contributed by atoms with Gasteiger partial charge in [-0.1, -0.05) is 30.3 Å². The van der Waals surface area contributed by atoms with Gasteiger partial charge in [-0.15, -0.1) is 0 Å². The number of hydrogen-bond acceptors (Lipinski definition) is 5. The van der Waals surface area contributed by atoms with Crippen molar-refractivity contribution in [1.82, 2.24) is 29.8 Å². The lowest BCUT2D eigenvalue weighted by atomic mass is 9.94. The lowest BCUT2D eigenvalue weighted by Crippen LogP contribution is -2.42. The maximum Gasteiger partial charge on any atom is 0.320 e. The fraction of sp³-hybridized carbons (Fsp3) is 0.458. The molecule has 0 bridgehead atoms. The summed E-state index contributed by atoms with van der Waals surface area (Å²) in [7, 11) is 3.59. The minimum Gasteiger partial charge on any atom is -0.383 e. The molecule has 0 saturated carbocycles. The number of carbonyl (C=O) groups is 1. The number of ether oxygens (including phenoxy) is 1. The number of methoxy groups -OCH3 is 1.